The summed E-state index contributed by atoms with van der Waals surface area (Å²) in [5.41, 5.74) is 0.842. The van der Waals surface area contributed by atoms with Gasteiger partial charge in [-0.2, -0.15) is 0 Å². The fraction of sp³-hybridized carbons (Fsp3) is 0.357. The number of benzene rings is 1. The van der Waals surface area contributed by atoms with Gasteiger partial charge < -0.3 is 4.74 Å². The van der Waals surface area contributed by atoms with Crippen LogP contribution in [-0.4, -0.2) is 11.2 Å². The van der Waals surface area contributed by atoms with Gasteiger partial charge in [0.1, 0.15) is 5.76 Å². The molecule has 90 valence electrons. The molecule has 0 amide bonds. The van der Waals surface area contributed by atoms with E-state index < -0.39 is 0 Å². The van der Waals surface area contributed by atoms with E-state index in [2.05, 4.69) is 12.1 Å². The maximum atomic E-state index is 11.5. The van der Waals surface area contributed by atoms with E-state index in [1.54, 1.807) is 18.7 Å². The molecule has 2 rings (SSSR count). The zero-order valence-electron chi connectivity index (χ0n) is 10.3. The first-order valence-corrected chi connectivity index (χ1v) is 6.57. The van der Waals surface area contributed by atoms with Gasteiger partial charge in [-0.1, -0.05) is 36.9 Å². The summed E-state index contributed by atoms with van der Waals surface area (Å²) in [6, 6.07) is 10.1. The van der Waals surface area contributed by atoms with Gasteiger partial charge in [-0.3, -0.25) is 4.79 Å². The average Bonchev–Trinajstić information content (AvgIpc) is 2.55. The topological polar surface area (TPSA) is 26.3 Å². The molecule has 0 aromatic heterocycles. The first-order chi connectivity index (χ1) is 8.09. The number of carbonyl (C=O) groups is 1. The molecule has 0 aliphatic carbocycles. The molecular formula is C14H16O2S. The van der Waals surface area contributed by atoms with Crippen LogP contribution >= 0.6 is 11.8 Å². The van der Waals surface area contributed by atoms with Crippen molar-refractivity contribution in [1.82, 2.24) is 0 Å². The van der Waals surface area contributed by atoms with Crippen molar-refractivity contribution >= 4 is 17.5 Å². The Hall–Kier alpha value is -1.22. The number of ketones is 1. The van der Waals surface area contributed by atoms with Gasteiger partial charge >= 0.3 is 0 Å². The van der Waals surface area contributed by atoms with Gasteiger partial charge in [0.05, 0.1) is 0 Å². The Kier molecular flexibility index (Phi) is 3.57. The zero-order valence-corrected chi connectivity index (χ0v) is 11.1. The molecule has 1 aromatic rings. The summed E-state index contributed by atoms with van der Waals surface area (Å²) in [4.78, 5) is 12.7. The molecule has 0 saturated carbocycles. The predicted octanol–water partition coefficient (Wildman–Crippen LogP) is 3.63. The minimum atomic E-state index is 0.0105. The minimum Gasteiger partial charge on any atom is -0.483 e. The van der Waals surface area contributed by atoms with E-state index in [1.165, 1.54) is 4.90 Å². The molecule has 0 spiro atoms. The highest BCUT2D eigenvalue weighted by Crippen LogP contribution is 2.40. The zero-order chi connectivity index (χ0) is 12.4. The van der Waals surface area contributed by atoms with Crippen LogP contribution in [0.1, 0.15) is 20.8 Å². The van der Waals surface area contributed by atoms with Crippen molar-refractivity contribution < 1.29 is 9.53 Å². The molecule has 17 heavy (non-hydrogen) atoms. The lowest BCUT2D eigenvalue weighted by Crippen LogP contribution is -2.14. The number of hydrogen-bond acceptors (Lipinski definition) is 3. The van der Waals surface area contributed by atoms with Crippen molar-refractivity contribution in [3.63, 3.8) is 0 Å². The van der Waals surface area contributed by atoms with Crippen molar-refractivity contribution in [1.29, 1.82) is 0 Å². The molecule has 1 aliphatic rings. The van der Waals surface area contributed by atoms with Crippen LogP contribution in [0.3, 0.4) is 0 Å². The summed E-state index contributed by atoms with van der Waals surface area (Å²) in [7, 11) is 0. The molecule has 3 heteroatoms. The van der Waals surface area contributed by atoms with Gasteiger partial charge in [-0.15, -0.1) is 0 Å². The maximum absolute atomic E-state index is 11.5. The number of hydrogen-bond donors (Lipinski definition) is 0. The lowest BCUT2D eigenvalue weighted by atomic mass is 10.00. The van der Waals surface area contributed by atoms with Crippen LogP contribution < -0.4 is 0 Å². The van der Waals surface area contributed by atoms with Crippen molar-refractivity contribution in [2.24, 2.45) is 5.92 Å². The number of carbonyl (C=O) groups excluding carboxylic acids is 1. The second kappa shape index (κ2) is 4.96. The van der Waals surface area contributed by atoms with E-state index in [-0.39, 0.29) is 17.1 Å². The predicted molar refractivity (Wildman–Crippen MR) is 69.7 cm³/mol. The molecule has 1 aliphatic heterocycles. The van der Waals surface area contributed by atoms with E-state index in [0.717, 1.165) is 11.3 Å². The quantitative estimate of drug-likeness (QED) is 0.817. The number of rotatable bonds is 3. The van der Waals surface area contributed by atoms with Crippen molar-refractivity contribution in [2.75, 3.05) is 0 Å². The Morgan fingerprint density at radius 1 is 1.29 bits per heavy atom. The van der Waals surface area contributed by atoms with Crippen LogP contribution in [0.5, 0.6) is 0 Å². The standard InChI is InChI=1S/C14H16O2S/c1-9-13(10(2)15)11(3)16-14(9)17-12-7-5-4-6-8-12/h4-9,14H,1-3H3/t9-,14-/m0/s1. The minimum absolute atomic E-state index is 0.0105. The van der Waals surface area contributed by atoms with Crippen molar-refractivity contribution in [3.05, 3.63) is 41.7 Å². The van der Waals surface area contributed by atoms with Crippen molar-refractivity contribution in [2.45, 2.75) is 31.1 Å². The first-order valence-electron chi connectivity index (χ1n) is 5.69. The first kappa shape index (κ1) is 12.2. The average molecular weight is 248 g/mol. The number of allylic oxidation sites excluding steroid dienone is 1. The molecule has 0 saturated heterocycles. The molecular weight excluding hydrogens is 232 g/mol. The third-order valence-electron chi connectivity index (χ3n) is 2.91. The number of ether oxygens (including phenoxy) is 1. The number of Topliss-reactive ketones (excluding diaryl/α,β-unsaturated/α-hetero) is 1. The Balaban J connectivity index is 2.10. The van der Waals surface area contributed by atoms with E-state index in [4.69, 9.17) is 4.74 Å². The second-order valence-electron chi connectivity index (χ2n) is 4.23. The normalized spacial score (nSPS) is 23.7. The van der Waals surface area contributed by atoms with Crippen LogP contribution in [0.4, 0.5) is 0 Å². The third-order valence-corrected chi connectivity index (χ3v) is 4.19. The Labute approximate surface area is 106 Å². The van der Waals surface area contributed by atoms with Crippen LogP contribution in [0, 0.1) is 5.92 Å². The molecule has 0 radical (unpaired) electrons. The highest BCUT2D eigenvalue weighted by atomic mass is 32.2. The highest BCUT2D eigenvalue weighted by Gasteiger charge is 2.34. The Morgan fingerprint density at radius 2 is 1.94 bits per heavy atom. The molecule has 0 unspecified atom stereocenters. The molecule has 0 fully saturated rings. The van der Waals surface area contributed by atoms with Gasteiger partial charge in [-0.05, 0) is 26.0 Å². The molecule has 1 aromatic carbocycles. The largest absolute Gasteiger partial charge is 0.483 e. The van der Waals surface area contributed by atoms with Crippen molar-refractivity contribution in [3.8, 4) is 0 Å². The molecule has 2 atom stereocenters. The molecule has 0 bridgehead atoms. The number of thioether (sulfide) groups is 1. The summed E-state index contributed by atoms with van der Waals surface area (Å²) < 4.78 is 5.77. The highest BCUT2D eigenvalue weighted by molar-refractivity contribution is 7.99. The van der Waals surface area contributed by atoms with Crippen LogP contribution in [-0.2, 0) is 9.53 Å². The van der Waals surface area contributed by atoms with Crippen LogP contribution in [0.15, 0.2) is 46.6 Å². The fourth-order valence-corrected chi connectivity index (χ4v) is 3.24. The van der Waals surface area contributed by atoms with Crippen LogP contribution in [0.25, 0.3) is 0 Å². The van der Waals surface area contributed by atoms with E-state index in [9.17, 15) is 4.79 Å². The SMILES string of the molecule is CC(=O)C1=C(C)O[C@@H](Sc2ccccc2)[C@H]1C. The van der Waals surface area contributed by atoms with E-state index >= 15 is 0 Å². The lowest BCUT2D eigenvalue weighted by Gasteiger charge is -2.16. The molecule has 0 N–H and O–H groups in total. The Bertz CT molecular complexity index is 451. The van der Waals surface area contributed by atoms with Gasteiger partial charge in [-0.25, -0.2) is 0 Å². The van der Waals surface area contributed by atoms with Gasteiger partial charge in [0.15, 0.2) is 11.2 Å². The third kappa shape index (κ3) is 2.55. The smallest absolute Gasteiger partial charge is 0.159 e. The van der Waals surface area contributed by atoms with Gasteiger partial charge in [0.25, 0.3) is 0 Å². The summed E-state index contributed by atoms with van der Waals surface area (Å²) in [5.74, 6) is 1.04. The summed E-state index contributed by atoms with van der Waals surface area (Å²) in [6.07, 6.45) is 0. The summed E-state index contributed by atoms with van der Waals surface area (Å²) >= 11 is 1.67. The van der Waals surface area contributed by atoms with Gasteiger partial charge in [0, 0.05) is 16.4 Å². The molecule has 1 heterocycles. The van der Waals surface area contributed by atoms with E-state index in [1.807, 2.05) is 32.0 Å². The summed E-state index contributed by atoms with van der Waals surface area (Å²) in [5, 5.41) is 0. The van der Waals surface area contributed by atoms with Crippen LogP contribution in [0.2, 0.25) is 0 Å². The Morgan fingerprint density at radius 3 is 2.47 bits per heavy atom. The maximum Gasteiger partial charge on any atom is 0.159 e. The monoisotopic (exact) mass is 248 g/mol. The van der Waals surface area contributed by atoms with E-state index in [0.29, 0.717) is 0 Å². The van der Waals surface area contributed by atoms with Gasteiger partial charge in [0.2, 0.25) is 0 Å². The molecule has 2 nitrogen and oxygen atoms in total. The second-order valence-corrected chi connectivity index (χ2v) is 5.40. The summed E-state index contributed by atoms with van der Waals surface area (Å²) in [6.45, 7) is 5.53. The fourth-order valence-electron chi connectivity index (χ4n) is 2.12. The lowest BCUT2D eigenvalue weighted by molar-refractivity contribution is -0.114.